The van der Waals surface area contributed by atoms with Crippen molar-refractivity contribution in [3.8, 4) is 0 Å². The molecule has 2 aromatic carbocycles. The van der Waals surface area contributed by atoms with Crippen LogP contribution in [0.2, 0.25) is 0 Å². The predicted molar refractivity (Wildman–Crippen MR) is 122 cm³/mol. The molecule has 0 spiro atoms. The minimum absolute atomic E-state index is 0.187. The third-order valence-corrected chi connectivity index (χ3v) is 7.65. The molecular weight excluding hydrogens is 412 g/mol. The van der Waals surface area contributed by atoms with E-state index in [1.807, 2.05) is 0 Å². The molecule has 0 aromatic heterocycles. The van der Waals surface area contributed by atoms with Crippen LogP contribution in [0.5, 0.6) is 0 Å². The topological polar surface area (TPSA) is 75.7 Å². The molecule has 0 aliphatic carbocycles. The Balaban J connectivity index is 1.58. The van der Waals surface area contributed by atoms with Gasteiger partial charge in [-0.1, -0.05) is 44.2 Å². The molecule has 0 saturated carbocycles. The fourth-order valence-corrected chi connectivity index (χ4v) is 5.27. The van der Waals surface area contributed by atoms with Crippen molar-refractivity contribution in [2.75, 3.05) is 32.8 Å². The number of nitrogens with one attached hydrogen (secondary N) is 1. The molecule has 7 heteroatoms. The summed E-state index contributed by atoms with van der Waals surface area (Å²) in [4.78, 5) is 12.8. The summed E-state index contributed by atoms with van der Waals surface area (Å²) in [7, 11) is -3.65. The Kier molecular flexibility index (Phi) is 7.86. The van der Waals surface area contributed by atoms with E-state index in [4.69, 9.17) is 4.74 Å². The van der Waals surface area contributed by atoms with Crippen molar-refractivity contribution in [3.63, 3.8) is 0 Å². The van der Waals surface area contributed by atoms with Crippen LogP contribution in [0, 0.1) is 6.92 Å². The maximum absolute atomic E-state index is 13.0. The van der Waals surface area contributed by atoms with Crippen molar-refractivity contribution in [2.45, 2.75) is 44.4 Å². The molecule has 1 amide bonds. The number of carbonyl (C=O) groups is 1. The molecule has 1 heterocycles. The summed E-state index contributed by atoms with van der Waals surface area (Å²) in [5, 5.41) is 2.91. The van der Waals surface area contributed by atoms with Gasteiger partial charge in [0.1, 0.15) is 0 Å². The first-order valence-corrected chi connectivity index (χ1v) is 12.3. The average molecular weight is 445 g/mol. The molecule has 1 fully saturated rings. The van der Waals surface area contributed by atoms with E-state index in [-0.39, 0.29) is 10.8 Å². The van der Waals surface area contributed by atoms with Gasteiger partial charge in [-0.3, -0.25) is 4.79 Å². The summed E-state index contributed by atoms with van der Waals surface area (Å²) in [6.45, 7) is 8.06. The van der Waals surface area contributed by atoms with Crippen LogP contribution in [0.4, 0.5) is 0 Å². The van der Waals surface area contributed by atoms with Crippen molar-refractivity contribution in [1.29, 1.82) is 0 Å². The fraction of sp³-hybridized carbons (Fsp3) is 0.458. The number of nitrogens with zero attached hydrogens (tertiary/aromatic N) is 1. The lowest BCUT2D eigenvalue weighted by Crippen LogP contribution is -2.41. The number of morpholine rings is 1. The van der Waals surface area contributed by atoms with E-state index in [1.54, 1.807) is 19.1 Å². The lowest BCUT2D eigenvalue weighted by molar-refractivity contribution is 0.0730. The molecule has 1 saturated heterocycles. The molecule has 0 bridgehead atoms. The van der Waals surface area contributed by atoms with E-state index in [0.29, 0.717) is 49.9 Å². The van der Waals surface area contributed by atoms with Gasteiger partial charge in [-0.25, -0.2) is 8.42 Å². The highest BCUT2D eigenvalue weighted by Gasteiger charge is 2.28. The van der Waals surface area contributed by atoms with E-state index in [1.165, 1.54) is 21.5 Å². The first kappa shape index (κ1) is 23.4. The number of amides is 1. The van der Waals surface area contributed by atoms with Crippen molar-refractivity contribution in [2.24, 2.45) is 0 Å². The van der Waals surface area contributed by atoms with Crippen LogP contribution in [0.3, 0.4) is 0 Å². The largest absolute Gasteiger partial charge is 0.379 e. The summed E-state index contributed by atoms with van der Waals surface area (Å²) in [5.74, 6) is 0.258. The molecule has 0 unspecified atom stereocenters. The SMILES string of the molecule is Cc1ccc(C(=O)NCCCc2ccc(C(C)C)cc2)cc1S(=O)(=O)N1CCOCC1. The molecule has 0 radical (unpaired) electrons. The van der Waals surface area contributed by atoms with E-state index < -0.39 is 10.0 Å². The minimum atomic E-state index is -3.65. The number of benzene rings is 2. The minimum Gasteiger partial charge on any atom is -0.379 e. The quantitative estimate of drug-likeness (QED) is 0.633. The van der Waals surface area contributed by atoms with Crippen molar-refractivity contribution >= 4 is 15.9 Å². The van der Waals surface area contributed by atoms with Crippen LogP contribution in [0.1, 0.15) is 53.2 Å². The Morgan fingerprint density at radius 2 is 1.77 bits per heavy atom. The zero-order valence-electron chi connectivity index (χ0n) is 18.6. The van der Waals surface area contributed by atoms with Gasteiger partial charge in [0, 0.05) is 25.2 Å². The van der Waals surface area contributed by atoms with Gasteiger partial charge in [0.2, 0.25) is 10.0 Å². The predicted octanol–water partition coefficient (Wildman–Crippen LogP) is 3.50. The Labute approximate surface area is 185 Å². The van der Waals surface area contributed by atoms with Gasteiger partial charge < -0.3 is 10.1 Å². The van der Waals surface area contributed by atoms with Crippen LogP contribution in [0.25, 0.3) is 0 Å². The van der Waals surface area contributed by atoms with E-state index in [9.17, 15) is 13.2 Å². The number of ether oxygens (including phenoxy) is 1. The summed E-state index contributed by atoms with van der Waals surface area (Å²) >= 11 is 0. The fourth-order valence-electron chi connectivity index (χ4n) is 3.61. The summed E-state index contributed by atoms with van der Waals surface area (Å²) in [5.41, 5.74) is 3.55. The number of aryl methyl sites for hydroxylation is 2. The lowest BCUT2D eigenvalue weighted by atomic mass is 10.0. The molecule has 1 N–H and O–H groups in total. The Morgan fingerprint density at radius 3 is 2.42 bits per heavy atom. The Bertz CT molecular complexity index is 995. The van der Waals surface area contributed by atoms with Crippen LogP contribution in [0.15, 0.2) is 47.4 Å². The maximum Gasteiger partial charge on any atom is 0.251 e. The second-order valence-corrected chi connectivity index (χ2v) is 10.2. The van der Waals surface area contributed by atoms with Crippen LogP contribution in [-0.4, -0.2) is 51.5 Å². The van der Waals surface area contributed by atoms with Gasteiger partial charge in [0.15, 0.2) is 0 Å². The summed E-state index contributed by atoms with van der Waals surface area (Å²) in [6.07, 6.45) is 1.70. The first-order valence-electron chi connectivity index (χ1n) is 10.8. The zero-order valence-corrected chi connectivity index (χ0v) is 19.4. The van der Waals surface area contributed by atoms with Gasteiger partial charge >= 0.3 is 0 Å². The number of hydrogen-bond acceptors (Lipinski definition) is 4. The highest BCUT2D eigenvalue weighted by molar-refractivity contribution is 7.89. The Hall–Kier alpha value is -2.22. The lowest BCUT2D eigenvalue weighted by Gasteiger charge is -2.26. The van der Waals surface area contributed by atoms with Crippen LogP contribution < -0.4 is 5.32 Å². The van der Waals surface area contributed by atoms with Gasteiger partial charge in [-0.05, 0) is 54.5 Å². The van der Waals surface area contributed by atoms with E-state index in [0.717, 1.165) is 12.8 Å². The van der Waals surface area contributed by atoms with Gasteiger partial charge in [0.05, 0.1) is 18.1 Å². The van der Waals surface area contributed by atoms with Gasteiger partial charge in [-0.2, -0.15) is 4.31 Å². The van der Waals surface area contributed by atoms with Gasteiger partial charge in [-0.15, -0.1) is 0 Å². The van der Waals surface area contributed by atoms with Crippen LogP contribution >= 0.6 is 0 Å². The molecular formula is C24H32N2O4S. The standard InChI is InChI=1S/C24H32N2O4S/c1-18(2)21-10-7-20(8-11-21)5-4-12-25-24(27)22-9-6-19(3)23(17-22)31(28,29)26-13-15-30-16-14-26/h6-11,17-18H,4-5,12-16H2,1-3H3,(H,25,27). The van der Waals surface area contributed by atoms with Crippen LogP contribution in [-0.2, 0) is 21.2 Å². The molecule has 1 aliphatic rings. The monoisotopic (exact) mass is 444 g/mol. The van der Waals surface area contributed by atoms with E-state index >= 15 is 0 Å². The number of hydrogen-bond donors (Lipinski definition) is 1. The third kappa shape index (κ3) is 5.93. The van der Waals surface area contributed by atoms with Crippen molar-refractivity contribution < 1.29 is 17.9 Å². The highest BCUT2D eigenvalue weighted by Crippen LogP contribution is 2.22. The average Bonchev–Trinajstić information content (AvgIpc) is 2.77. The molecule has 2 aromatic rings. The van der Waals surface area contributed by atoms with E-state index in [2.05, 4.69) is 43.4 Å². The number of carbonyl (C=O) groups excluding carboxylic acids is 1. The van der Waals surface area contributed by atoms with Gasteiger partial charge in [0.25, 0.3) is 5.91 Å². The number of sulfonamides is 1. The smallest absolute Gasteiger partial charge is 0.251 e. The first-order chi connectivity index (χ1) is 14.8. The molecule has 0 atom stereocenters. The summed E-state index contributed by atoms with van der Waals surface area (Å²) in [6, 6.07) is 13.4. The van der Waals surface area contributed by atoms with Crippen molar-refractivity contribution in [3.05, 3.63) is 64.7 Å². The molecule has 3 rings (SSSR count). The Morgan fingerprint density at radius 1 is 1.10 bits per heavy atom. The normalized spacial score (nSPS) is 15.2. The molecule has 168 valence electrons. The second kappa shape index (κ2) is 10.4. The maximum atomic E-state index is 13.0. The second-order valence-electron chi connectivity index (χ2n) is 8.25. The molecule has 31 heavy (non-hydrogen) atoms. The molecule has 1 aliphatic heterocycles. The summed E-state index contributed by atoms with van der Waals surface area (Å²) < 4.78 is 32.7. The molecule has 6 nitrogen and oxygen atoms in total. The highest BCUT2D eigenvalue weighted by atomic mass is 32.2. The third-order valence-electron chi connectivity index (χ3n) is 5.61. The number of rotatable bonds is 8. The zero-order chi connectivity index (χ0) is 22.4. The van der Waals surface area contributed by atoms with Crippen molar-refractivity contribution in [1.82, 2.24) is 9.62 Å².